The Morgan fingerprint density at radius 1 is 1.20 bits per heavy atom. The Labute approximate surface area is 128 Å². The molecule has 1 aromatic carbocycles. The molecule has 0 radical (unpaired) electrons. The highest BCUT2D eigenvalue weighted by molar-refractivity contribution is 6.31. The molecule has 1 aromatic heterocycles. The van der Waals surface area contributed by atoms with E-state index in [9.17, 15) is 0 Å². The van der Waals surface area contributed by atoms with Crippen molar-refractivity contribution in [2.45, 2.75) is 31.2 Å². The molecule has 20 heavy (non-hydrogen) atoms. The highest BCUT2D eigenvalue weighted by Gasteiger charge is 2.66. The molecule has 4 atom stereocenters. The van der Waals surface area contributed by atoms with Crippen molar-refractivity contribution >= 4 is 34.2 Å². The summed E-state index contributed by atoms with van der Waals surface area (Å²) in [5.74, 6) is 5.17. The summed E-state index contributed by atoms with van der Waals surface area (Å²) in [7, 11) is 0. The Bertz CT molecular complexity index is 692. The first-order chi connectivity index (χ1) is 9.78. The van der Waals surface area contributed by atoms with Crippen molar-refractivity contribution in [3.05, 3.63) is 29.0 Å². The minimum atomic E-state index is 0.484. The summed E-state index contributed by atoms with van der Waals surface area (Å²) < 4.78 is 2.41. The van der Waals surface area contributed by atoms with Crippen LogP contribution >= 0.6 is 23.2 Å². The highest BCUT2D eigenvalue weighted by atomic mass is 35.5. The van der Waals surface area contributed by atoms with Crippen LogP contribution in [0.3, 0.4) is 0 Å². The number of nitrogens with zero attached hydrogens (tertiary/aromatic N) is 2. The van der Waals surface area contributed by atoms with Crippen LogP contribution in [0.2, 0.25) is 5.02 Å². The summed E-state index contributed by atoms with van der Waals surface area (Å²) in [6.07, 6.45) is 4.34. The molecule has 0 spiro atoms. The summed E-state index contributed by atoms with van der Waals surface area (Å²) in [6.45, 7) is 0. The number of imidazole rings is 1. The third kappa shape index (κ3) is 1.39. The van der Waals surface area contributed by atoms with E-state index in [1.807, 2.05) is 12.1 Å². The van der Waals surface area contributed by atoms with Crippen molar-refractivity contribution < 1.29 is 0 Å². The molecule has 0 saturated heterocycles. The lowest BCUT2D eigenvalue weighted by Crippen LogP contribution is -2.07. The fourth-order valence-corrected chi connectivity index (χ4v) is 5.52. The number of alkyl halides is 1. The van der Waals surface area contributed by atoms with Gasteiger partial charge in [-0.05, 0) is 61.1 Å². The van der Waals surface area contributed by atoms with Gasteiger partial charge >= 0.3 is 0 Å². The molecule has 3 aliphatic carbocycles. The maximum Gasteiger partial charge on any atom is 0.125 e. The largest absolute Gasteiger partial charge is 0.323 e. The van der Waals surface area contributed by atoms with Crippen molar-refractivity contribution in [2.75, 3.05) is 0 Å². The van der Waals surface area contributed by atoms with E-state index in [-0.39, 0.29) is 0 Å². The third-order valence-electron chi connectivity index (χ3n) is 5.84. The van der Waals surface area contributed by atoms with Crippen LogP contribution < -0.4 is 0 Å². The van der Waals surface area contributed by atoms with E-state index in [0.29, 0.717) is 11.9 Å². The Morgan fingerprint density at radius 2 is 1.95 bits per heavy atom. The first-order valence-corrected chi connectivity index (χ1v) is 8.41. The van der Waals surface area contributed by atoms with Gasteiger partial charge in [0.2, 0.25) is 0 Å². The first kappa shape index (κ1) is 11.9. The molecule has 1 heterocycles. The molecule has 3 aliphatic rings. The fourth-order valence-electron chi connectivity index (χ4n) is 5.17. The Balaban J connectivity index is 1.67. The third-order valence-corrected chi connectivity index (χ3v) is 6.31. The quantitative estimate of drug-likeness (QED) is 0.739. The van der Waals surface area contributed by atoms with Crippen LogP contribution in [0.25, 0.3) is 11.0 Å². The molecule has 5 rings (SSSR count). The number of halogens is 2. The molecule has 0 N–H and O–H groups in total. The van der Waals surface area contributed by atoms with Gasteiger partial charge in [0.05, 0.1) is 16.9 Å². The zero-order valence-electron chi connectivity index (χ0n) is 11.1. The van der Waals surface area contributed by atoms with Crippen molar-refractivity contribution in [1.82, 2.24) is 9.55 Å². The first-order valence-electron chi connectivity index (χ1n) is 7.50. The number of fused-ring (bicyclic) bond motifs is 6. The fraction of sp³-hybridized carbons (Fsp3) is 0.562. The van der Waals surface area contributed by atoms with Crippen molar-refractivity contribution in [3.63, 3.8) is 0 Å². The van der Waals surface area contributed by atoms with E-state index < -0.39 is 0 Å². The van der Waals surface area contributed by atoms with Crippen LogP contribution in [0.5, 0.6) is 0 Å². The summed E-state index contributed by atoms with van der Waals surface area (Å²) in [5.41, 5.74) is 2.20. The second-order valence-corrected chi connectivity index (χ2v) is 7.35. The maximum absolute atomic E-state index is 6.18. The lowest BCUT2D eigenvalue weighted by molar-refractivity contribution is 0.454. The number of aromatic nitrogens is 2. The summed E-state index contributed by atoms with van der Waals surface area (Å²) in [6, 6.07) is 6.61. The van der Waals surface area contributed by atoms with Gasteiger partial charge < -0.3 is 4.57 Å². The Hall–Kier alpha value is -0.730. The molecular formula is C16H16Cl2N2. The summed E-state index contributed by atoms with van der Waals surface area (Å²) >= 11 is 12.3. The predicted molar refractivity (Wildman–Crippen MR) is 81.1 cm³/mol. The minimum absolute atomic E-state index is 0.484. The molecule has 3 saturated carbocycles. The van der Waals surface area contributed by atoms with Gasteiger partial charge in [-0.3, -0.25) is 0 Å². The van der Waals surface area contributed by atoms with Gasteiger partial charge in [-0.25, -0.2) is 4.98 Å². The van der Waals surface area contributed by atoms with E-state index in [4.69, 9.17) is 28.2 Å². The smallest absolute Gasteiger partial charge is 0.125 e. The van der Waals surface area contributed by atoms with Gasteiger partial charge in [-0.1, -0.05) is 11.6 Å². The van der Waals surface area contributed by atoms with Crippen LogP contribution in [-0.2, 0) is 5.88 Å². The van der Waals surface area contributed by atoms with Gasteiger partial charge in [-0.2, -0.15) is 0 Å². The zero-order valence-corrected chi connectivity index (χ0v) is 12.6. The second kappa shape index (κ2) is 3.92. The van der Waals surface area contributed by atoms with Crippen molar-refractivity contribution in [3.8, 4) is 0 Å². The molecule has 104 valence electrons. The average molecular weight is 307 g/mol. The lowest BCUT2D eigenvalue weighted by Gasteiger charge is -2.13. The van der Waals surface area contributed by atoms with E-state index in [2.05, 4.69) is 10.6 Å². The molecular weight excluding hydrogens is 291 g/mol. The Morgan fingerprint density at radius 3 is 2.65 bits per heavy atom. The number of rotatable bonds is 2. The molecule has 4 heteroatoms. The van der Waals surface area contributed by atoms with Gasteiger partial charge in [0, 0.05) is 11.1 Å². The molecule has 2 aromatic rings. The number of benzene rings is 1. The Kier molecular flexibility index (Phi) is 2.33. The summed E-state index contributed by atoms with van der Waals surface area (Å²) in [4.78, 5) is 4.70. The average Bonchev–Trinajstić information content (AvgIpc) is 2.80. The summed E-state index contributed by atoms with van der Waals surface area (Å²) in [5, 5.41) is 0.786. The normalized spacial score (nSPS) is 37.6. The number of hydrogen-bond donors (Lipinski definition) is 0. The van der Waals surface area contributed by atoms with Crippen LogP contribution in [0.1, 0.15) is 31.1 Å². The van der Waals surface area contributed by atoms with E-state index in [1.54, 1.807) is 0 Å². The van der Waals surface area contributed by atoms with Crippen LogP contribution in [0.15, 0.2) is 18.2 Å². The van der Waals surface area contributed by atoms with Crippen LogP contribution in [0.4, 0.5) is 0 Å². The van der Waals surface area contributed by atoms with Gasteiger partial charge in [0.25, 0.3) is 0 Å². The molecule has 2 nitrogen and oxygen atoms in total. The van der Waals surface area contributed by atoms with E-state index in [0.717, 1.165) is 40.0 Å². The monoisotopic (exact) mass is 306 g/mol. The van der Waals surface area contributed by atoms with Crippen LogP contribution in [0, 0.1) is 23.7 Å². The molecule has 0 aliphatic heterocycles. The van der Waals surface area contributed by atoms with Crippen LogP contribution in [-0.4, -0.2) is 9.55 Å². The standard InChI is InChI=1S/C16H16Cl2N2/c17-7-13-19-11-4-3-10(18)6-12(11)20(13)16-14-8-1-2-9(5-8)15(14)16/h3-4,6,8-9,14-16H,1-2,5,7H2. The molecule has 0 amide bonds. The molecule has 4 unspecified atom stereocenters. The van der Waals surface area contributed by atoms with Gasteiger partial charge in [0.15, 0.2) is 0 Å². The second-order valence-electron chi connectivity index (χ2n) is 6.64. The van der Waals surface area contributed by atoms with Crippen molar-refractivity contribution in [1.29, 1.82) is 0 Å². The van der Waals surface area contributed by atoms with Crippen molar-refractivity contribution in [2.24, 2.45) is 23.7 Å². The van der Waals surface area contributed by atoms with Gasteiger partial charge in [0.1, 0.15) is 5.82 Å². The SMILES string of the molecule is ClCc1nc2ccc(Cl)cc2n1C1C2C3CCC(C3)C21. The molecule has 2 bridgehead atoms. The minimum Gasteiger partial charge on any atom is -0.323 e. The van der Waals surface area contributed by atoms with Gasteiger partial charge in [-0.15, -0.1) is 11.6 Å². The van der Waals surface area contributed by atoms with E-state index >= 15 is 0 Å². The molecule has 3 fully saturated rings. The zero-order chi connectivity index (χ0) is 13.4. The topological polar surface area (TPSA) is 17.8 Å². The van der Waals surface area contributed by atoms with E-state index in [1.165, 1.54) is 24.8 Å². The predicted octanol–water partition coefficient (Wildman–Crippen LogP) is 4.65. The maximum atomic E-state index is 6.18. The lowest BCUT2D eigenvalue weighted by atomic mass is 10.0. The highest BCUT2D eigenvalue weighted by Crippen LogP contribution is 2.72. The number of hydrogen-bond acceptors (Lipinski definition) is 1.